The molecule has 0 radical (unpaired) electrons. The lowest BCUT2D eigenvalue weighted by atomic mass is 10.2. The minimum absolute atomic E-state index is 0.124. The number of carbonyl (C=O) groups is 2. The maximum atomic E-state index is 12.2. The molecule has 27 heavy (non-hydrogen) atoms. The molecule has 0 fully saturated rings. The number of phenolic OH excluding ortho intramolecular Hbond substituents is 1. The highest BCUT2D eigenvalue weighted by molar-refractivity contribution is 6.04. The Kier molecular flexibility index (Phi) is 5.69. The molecule has 0 saturated carbocycles. The van der Waals surface area contributed by atoms with Crippen LogP contribution in [0.4, 0.5) is 11.4 Å². The Morgan fingerprint density at radius 2 is 1.56 bits per heavy atom. The molecule has 3 aromatic rings. The number of hydrogen-bond donors (Lipinski definition) is 3. The highest BCUT2D eigenvalue weighted by Crippen LogP contribution is 2.18. The van der Waals surface area contributed by atoms with Gasteiger partial charge in [-0.05, 0) is 48.5 Å². The second kappa shape index (κ2) is 8.53. The summed E-state index contributed by atoms with van der Waals surface area (Å²) in [5.74, 6) is 0.0255. The maximum absolute atomic E-state index is 12.2. The van der Waals surface area contributed by atoms with Crippen molar-refractivity contribution in [1.29, 1.82) is 0 Å². The van der Waals surface area contributed by atoms with Crippen molar-refractivity contribution < 1.29 is 19.4 Å². The van der Waals surface area contributed by atoms with Gasteiger partial charge in [0.2, 0.25) is 0 Å². The number of anilines is 2. The molecule has 3 N–H and O–H groups in total. The van der Waals surface area contributed by atoms with E-state index in [0.717, 1.165) is 0 Å². The first-order valence-electron chi connectivity index (χ1n) is 8.28. The average molecular weight is 362 g/mol. The molecule has 2 amide bonds. The third-order valence-corrected chi connectivity index (χ3v) is 3.65. The molecular formula is C21H18N2O4. The van der Waals surface area contributed by atoms with Crippen molar-refractivity contribution in [2.45, 2.75) is 0 Å². The third kappa shape index (κ3) is 5.34. The van der Waals surface area contributed by atoms with E-state index in [1.807, 2.05) is 6.07 Å². The van der Waals surface area contributed by atoms with Gasteiger partial charge in [0, 0.05) is 23.0 Å². The molecule has 0 saturated heterocycles. The van der Waals surface area contributed by atoms with Gasteiger partial charge in [-0.25, -0.2) is 0 Å². The van der Waals surface area contributed by atoms with Crippen molar-refractivity contribution in [3.05, 3.63) is 84.4 Å². The summed E-state index contributed by atoms with van der Waals surface area (Å²) in [5.41, 5.74) is 1.68. The summed E-state index contributed by atoms with van der Waals surface area (Å²) in [5, 5.41) is 14.7. The van der Waals surface area contributed by atoms with Gasteiger partial charge in [-0.2, -0.15) is 0 Å². The summed E-state index contributed by atoms with van der Waals surface area (Å²) >= 11 is 0. The van der Waals surface area contributed by atoms with Crippen LogP contribution in [0.25, 0.3) is 0 Å². The zero-order valence-corrected chi connectivity index (χ0v) is 14.4. The van der Waals surface area contributed by atoms with E-state index < -0.39 is 0 Å². The maximum Gasteiger partial charge on any atom is 0.262 e. The molecule has 0 aliphatic rings. The van der Waals surface area contributed by atoms with Crippen LogP contribution in [0.3, 0.4) is 0 Å². The third-order valence-electron chi connectivity index (χ3n) is 3.65. The number of amides is 2. The van der Waals surface area contributed by atoms with Crippen LogP contribution in [-0.2, 0) is 4.79 Å². The van der Waals surface area contributed by atoms with Gasteiger partial charge in [-0.15, -0.1) is 0 Å². The molecule has 0 aliphatic carbocycles. The fraction of sp³-hybridized carbons (Fsp3) is 0.0476. The number of hydrogen-bond acceptors (Lipinski definition) is 4. The van der Waals surface area contributed by atoms with E-state index in [-0.39, 0.29) is 24.2 Å². The number of phenols is 1. The van der Waals surface area contributed by atoms with Gasteiger partial charge in [0.15, 0.2) is 6.61 Å². The Balaban J connectivity index is 1.55. The first kappa shape index (κ1) is 18.0. The summed E-state index contributed by atoms with van der Waals surface area (Å²) in [4.78, 5) is 24.1. The zero-order chi connectivity index (χ0) is 19.1. The van der Waals surface area contributed by atoms with E-state index in [1.165, 1.54) is 12.1 Å². The predicted molar refractivity (Wildman–Crippen MR) is 103 cm³/mol. The van der Waals surface area contributed by atoms with Crippen LogP contribution in [0.5, 0.6) is 11.5 Å². The molecule has 136 valence electrons. The fourth-order valence-electron chi connectivity index (χ4n) is 2.35. The number of ether oxygens (including phenoxy) is 1. The smallest absolute Gasteiger partial charge is 0.262 e. The Morgan fingerprint density at radius 1 is 0.815 bits per heavy atom. The predicted octanol–water partition coefficient (Wildman–Crippen LogP) is 3.66. The molecule has 0 aliphatic heterocycles. The lowest BCUT2D eigenvalue weighted by Gasteiger charge is -2.10. The van der Waals surface area contributed by atoms with E-state index in [1.54, 1.807) is 60.7 Å². The molecule has 6 heteroatoms. The minimum atomic E-state index is -0.334. The fourth-order valence-corrected chi connectivity index (χ4v) is 2.35. The standard InChI is InChI=1S/C21H18N2O4/c24-18-11-9-16(10-12-18)22-20(25)14-27-19-8-4-7-17(13-19)23-21(26)15-5-2-1-3-6-15/h1-13,24H,14H2,(H,22,25)(H,23,26). The summed E-state index contributed by atoms with van der Waals surface area (Å²) in [7, 11) is 0. The van der Waals surface area contributed by atoms with Gasteiger partial charge in [0.1, 0.15) is 11.5 Å². The van der Waals surface area contributed by atoms with E-state index in [0.29, 0.717) is 22.7 Å². The number of carbonyl (C=O) groups excluding carboxylic acids is 2. The quantitative estimate of drug-likeness (QED) is 0.584. The number of nitrogens with one attached hydrogen (secondary N) is 2. The molecule has 3 rings (SSSR count). The van der Waals surface area contributed by atoms with E-state index in [4.69, 9.17) is 4.74 Å². The Morgan fingerprint density at radius 3 is 2.30 bits per heavy atom. The lowest BCUT2D eigenvalue weighted by Crippen LogP contribution is -2.20. The molecule has 0 atom stereocenters. The zero-order valence-electron chi connectivity index (χ0n) is 14.4. The van der Waals surface area contributed by atoms with Crippen molar-refractivity contribution in [2.24, 2.45) is 0 Å². The number of aromatic hydroxyl groups is 1. The average Bonchev–Trinajstić information content (AvgIpc) is 2.69. The molecule has 0 spiro atoms. The van der Waals surface area contributed by atoms with Gasteiger partial charge >= 0.3 is 0 Å². The molecule has 6 nitrogen and oxygen atoms in total. The lowest BCUT2D eigenvalue weighted by molar-refractivity contribution is -0.118. The van der Waals surface area contributed by atoms with Crippen LogP contribution < -0.4 is 15.4 Å². The Labute approximate surface area is 156 Å². The highest BCUT2D eigenvalue weighted by Gasteiger charge is 2.07. The van der Waals surface area contributed by atoms with Crippen molar-refractivity contribution in [2.75, 3.05) is 17.2 Å². The van der Waals surface area contributed by atoms with Gasteiger partial charge in [-0.1, -0.05) is 24.3 Å². The van der Waals surface area contributed by atoms with Crippen LogP contribution in [0.2, 0.25) is 0 Å². The van der Waals surface area contributed by atoms with Gasteiger partial charge in [0.25, 0.3) is 11.8 Å². The summed E-state index contributed by atoms with van der Waals surface area (Å²) in [6.45, 7) is -0.184. The second-order valence-corrected chi connectivity index (χ2v) is 5.73. The number of rotatable bonds is 6. The molecule has 0 aromatic heterocycles. The first-order chi connectivity index (χ1) is 13.1. The first-order valence-corrected chi connectivity index (χ1v) is 8.28. The van der Waals surface area contributed by atoms with Crippen LogP contribution in [0.1, 0.15) is 10.4 Å². The van der Waals surface area contributed by atoms with Crippen molar-refractivity contribution in [1.82, 2.24) is 0 Å². The van der Waals surface area contributed by atoms with Crippen LogP contribution >= 0.6 is 0 Å². The van der Waals surface area contributed by atoms with E-state index >= 15 is 0 Å². The SMILES string of the molecule is O=C(COc1cccc(NC(=O)c2ccccc2)c1)Nc1ccc(O)cc1. The largest absolute Gasteiger partial charge is 0.508 e. The minimum Gasteiger partial charge on any atom is -0.508 e. The molecule has 0 bridgehead atoms. The van der Waals surface area contributed by atoms with Crippen LogP contribution in [-0.4, -0.2) is 23.5 Å². The van der Waals surface area contributed by atoms with Crippen molar-refractivity contribution in [3.8, 4) is 11.5 Å². The van der Waals surface area contributed by atoms with Crippen LogP contribution in [0, 0.1) is 0 Å². The molecule has 0 heterocycles. The number of benzene rings is 3. The monoisotopic (exact) mass is 362 g/mol. The normalized spacial score (nSPS) is 10.1. The Hall–Kier alpha value is -3.80. The van der Waals surface area contributed by atoms with E-state index in [2.05, 4.69) is 10.6 Å². The van der Waals surface area contributed by atoms with Crippen molar-refractivity contribution >= 4 is 23.2 Å². The van der Waals surface area contributed by atoms with Gasteiger partial charge < -0.3 is 20.5 Å². The van der Waals surface area contributed by atoms with E-state index in [9.17, 15) is 14.7 Å². The molecular weight excluding hydrogens is 344 g/mol. The molecule has 3 aromatic carbocycles. The Bertz CT molecular complexity index is 924. The summed E-state index contributed by atoms with van der Waals surface area (Å²) in [6, 6.07) is 21.8. The summed E-state index contributed by atoms with van der Waals surface area (Å²) < 4.78 is 5.48. The van der Waals surface area contributed by atoms with Gasteiger partial charge in [0.05, 0.1) is 0 Å². The summed E-state index contributed by atoms with van der Waals surface area (Å²) in [6.07, 6.45) is 0. The second-order valence-electron chi connectivity index (χ2n) is 5.73. The van der Waals surface area contributed by atoms with Crippen LogP contribution in [0.15, 0.2) is 78.9 Å². The molecule has 0 unspecified atom stereocenters. The van der Waals surface area contributed by atoms with Crippen molar-refractivity contribution in [3.63, 3.8) is 0 Å². The topological polar surface area (TPSA) is 87.7 Å². The highest BCUT2D eigenvalue weighted by atomic mass is 16.5. The van der Waals surface area contributed by atoms with Gasteiger partial charge in [-0.3, -0.25) is 9.59 Å².